The predicted octanol–water partition coefficient (Wildman–Crippen LogP) is 4.99. The molecule has 1 aromatic heterocycles. The summed E-state index contributed by atoms with van der Waals surface area (Å²) in [5.74, 6) is -0.225. The summed E-state index contributed by atoms with van der Waals surface area (Å²) in [5.41, 5.74) is 4.63. The summed E-state index contributed by atoms with van der Waals surface area (Å²) in [6.45, 7) is 2.00. The molecule has 0 bridgehead atoms. The van der Waals surface area contributed by atoms with Crippen LogP contribution in [0.2, 0.25) is 0 Å². The van der Waals surface area contributed by atoms with Gasteiger partial charge in [-0.05, 0) is 36.2 Å². The fraction of sp³-hybridized carbons (Fsp3) is 0.100. The van der Waals surface area contributed by atoms with E-state index in [2.05, 4.69) is 11.1 Å². The monoisotopic (exact) mass is 302 g/mol. The molecule has 0 spiro atoms. The second-order valence-electron chi connectivity index (χ2n) is 5.29. The molecule has 0 aliphatic rings. The van der Waals surface area contributed by atoms with Gasteiger partial charge in [0.15, 0.2) is 0 Å². The van der Waals surface area contributed by atoms with Crippen LogP contribution < -0.4 is 0 Å². The second-order valence-corrected chi connectivity index (χ2v) is 5.29. The van der Waals surface area contributed by atoms with Gasteiger partial charge in [0.1, 0.15) is 5.82 Å². The van der Waals surface area contributed by atoms with Crippen molar-refractivity contribution in [1.29, 1.82) is 5.26 Å². The number of hydrogen-bond donors (Lipinski definition) is 0. The molecule has 1 heterocycles. The summed E-state index contributed by atoms with van der Waals surface area (Å²) in [6, 6.07) is 18.4. The minimum Gasteiger partial charge on any atom is -0.256 e. The van der Waals surface area contributed by atoms with E-state index < -0.39 is 0 Å². The van der Waals surface area contributed by atoms with Crippen molar-refractivity contribution in [1.82, 2.24) is 4.98 Å². The molecule has 0 saturated carbocycles. The third kappa shape index (κ3) is 3.12. The van der Waals surface area contributed by atoms with Crippen LogP contribution in [0.5, 0.6) is 0 Å². The molecule has 2 aromatic carbocycles. The van der Waals surface area contributed by atoms with Crippen LogP contribution in [0.1, 0.15) is 18.1 Å². The van der Waals surface area contributed by atoms with Crippen molar-refractivity contribution in [2.24, 2.45) is 0 Å². The van der Waals surface area contributed by atoms with Gasteiger partial charge in [0.05, 0.1) is 17.3 Å². The number of halogens is 1. The number of hydrogen-bond acceptors (Lipinski definition) is 2. The van der Waals surface area contributed by atoms with E-state index in [0.29, 0.717) is 11.1 Å². The summed E-state index contributed by atoms with van der Waals surface area (Å²) in [5, 5.41) is 8.82. The lowest BCUT2D eigenvalue weighted by Gasteiger charge is -2.07. The van der Waals surface area contributed by atoms with Crippen LogP contribution in [-0.2, 0) is 6.42 Å². The van der Waals surface area contributed by atoms with Gasteiger partial charge in [-0.3, -0.25) is 4.98 Å². The molecule has 3 rings (SSSR count). The van der Waals surface area contributed by atoms with Crippen LogP contribution in [0.4, 0.5) is 4.39 Å². The minimum atomic E-state index is -0.225. The normalized spacial score (nSPS) is 10.3. The summed E-state index contributed by atoms with van der Waals surface area (Å²) >= 11 is 0. The van der Waals surface area contributed by atoms with Crippen LogP contribution in [0.25, 0.3) is 22.4 Å². The van der Waals surface area contributed by atoms with Crippen molar-refractivity contribution in [2.45, 2.75) is 13.3 Å². The standard InChI is InChI=1S/C20H15FN2/c1-2-14-5-9-18(19(21)11-14)17-8-10-20(23-13-17)16-6-3-15(12-22)4-7-16/h3-11,13H,2H2,1H3. The van der Waals surface area contributed by atoms with Crippen molar-refractivity contribution < 1.29 is 4.39 Å². The Hall–Kier alpha value is -2.99. The summed E-state index contributed by atoms with van der Waals surface area (Å²) in [4.78, 5) is 4.41. The summed E-state index contributed by atoms with van der Waals surface area (Å²) < 4.78 is 14.2. The van der Waals surface area contributed by atoms with Crippen LogP contribution in [0.15, 0.2) is 60.8 Å². The molecule has 0 saturated heterocycles. The lowest BCUT2D eigenvalue weighted by atomic mass is 10.0. The lowest BCUT2D eigenvalue weighted by Crippen LogP contribution is -1.90. The Morgan fingerprint density at radius 1 is 1.00 bits per heavy atom. The highest BCUT2D eigenvalue weighted by Crippen LogP contribution is 2.25. The van der Waals surface area contributed by atoms with Crippen LogP contribution in [-0.4, -0.2) is 4.98 Å². The zero-order chi connectivity index (χ0) is 16.2. The van der Waals surface area contributed by atoms with Crippen LogP contribution in [0.3, 0.4) is 0 Å². The maximum Gasteiger partial charge on any atom is 0.131 e. The molecular formula is C20H15FN2. The van der Waals surface area contributed by atoms with E-state index in [4.69, 9.17) is 5.26 Å². The SMILES string of the molecule is CCc1ccc(-c2ccc(-c3ccc(C#N)cc3)nc2)c(F)c1. The van der Waals surface area contributed by atoms with Crippen LogP contribution in [0, 0.1) is 17.1 Å². The first kappa shape index (κ1) is 14.9. The number of aromatic nitrogens is 1. The minimum absolute atomic E-state index is 0.225. The molecule has 0 N–H and O–H groups in total. The Kier molecular flexibility index (Phi) is 4.16. The third-order valence-corrected chi connectivity index (χ3v) is 3.83. The number of nitrogens with zero attached hydrogens (tertiary/aromatic N) is 2. The highest BCUT2D eigenvalue weighted by Gasteiger charge is 2.07. The fourth-order valence-electron chi connectivity index (χ4n) is 2.45. The molecular weight excluding hydrogens is 287 g/mol. The number of pyridine rings is 1. The van der Waals surface area contributed by atoms with Crippen molar-refractivity contribution in [3.63, 3.8) is 0 Å². The van der Waals surface area contributed by atoms with Gasteiger partial charge >= 0.3 is 0 Å². The molecule has 0 fully saturated rings. The van der Waals surface area contributed by atoms with Gasteiger partial charge in [0.25, 0.3) is 0 Å². The highest BCUT2D eigenvalue weighted by atomic mass is 19.1. The summed E-state index contributed by atoms with van der Waals surface area (Å²) in [6.07, 6.45) is 2.49. The van der Waals surface area contributed by atoms with Gasteiger partial charge in [-0.15, -0.1) is 0 Å². The van der Waals surface area contributed by atoms with Gasteiger partial charge in [0, 0.05) is 22.9 Å². The quantitative estimate of drug-likeness (QED) is 0.683. The van der Waals surface area contributed by atoms with E-state index in [1.807, 2.05) is 37.3 Å². The molecule has 0 aliphatic heterocycles. The Bertz CT molecular complexity index is 860. The largest absolute Gasteiger partial charge is 0.256 e. The Labute approximate surface area is 134 Å². The average Bonchev–Trinajstić information content (AvgIpc) is 2.62. The first-order valence-electron chi connectivity index (χ1n) is 7.46. The molecule has 2 nitrogen and oxygen atoms in total. The number of nitriles is 1. The summed E-state index contributed by atoms with van der Waals surface area (Å²) in [7, 11) is 0. The maximum absolute atomic E-state index is 14.2. The lowest BCUT2D eigenvalue weighted by molar-refractivity contribution is 0.629. The molecule has 3 aromatic rings. The molecule has 0 aliphatic carbocycles. The zero-order valence-electron chi connectivity index (χ0n) is 12.8. The number of aryl methyl sites for hydroxylation is 1. The third-order valence-electron chi connectivity index (χ3n) is 3.83. The number of benzene rings is 2. The second kappa shape index (κ2) is 6.41. The van der Waals surface area contributed by atoms with Gasteiger partial charge in [-0.25, -0.2) is 4.39 Å². The molecule has 23 heavy (non-hydrogen) atoms. The average molecular weight is 302 g/mol. The smallest absolute Gasteiger partial charge is 0.131 e. The highest BCUT2D eigenvalue weighted by molar-refractivity contribution is 5.67. The fourth-order valence-corrected chi connectivity index (χ4v) is 2.45. The van der Waals surface area contributed by atoms with Gasteiger partial charge in [-0.2, -0.15) is 5.26 Å². The predicted molar refractivity (Wildman–Crippen MR) is 89.2 cm³/mol. The maximum atomic E-state index is 14.2. The van der Waals surface area contributed by atoms with Crippen molar-refractivity contribution in [3.05, 3.63) is 77.7 Å². The van der Waals surface area contributed by atoms with Crippen molar-refractivity contribution >= 4 is 0 Å². The van der Waals surface area contributed by atoms with Gasteiger partial charge < -0.3 is 0 Å². The van der Waals surface area contributed by atoms with E-state index in [1.165, 1.54) is 0 Å². The van der Waals surface area contributed by atoms with E-state index >= 15 is 0 Å². The van der Waals surface area contributed by atoms with E-state index in [1.54, 1.807) is 30.5 Å². The Morgan fingerprint density at radius 2 is 1.74 bits per heavy atom. The Balaban J connectivity index is 1.91. The molecule has 0 unspecified atom stereocenters. The molecule has 3 heteroatoms. The first-order chi connectivity index (χ1) is 11.2. The number of rotatable bonds is 3. The van der Waals surface area contributed by atoms with Crippen molar-refractivity contribution in [3.8, 4) is 28.5 Å². The topological polar surface area (TPSA) is 36.7 Å². The van der Waals surface area contributed by atoms with Gasteiger partial charge in [0.2, 0.25) is 0 Å². The molecule has 112 valence electrons. The van der Waals surface area contributed by atoms with E-state index in [-0.39, 0.29) is 5.82 Å². The Morgan fingerprint density at radius 3 is 2.30 bits per heavy atom. The van der Waals surface area contributed by atoms with E-state index in [0.717, 1.165) is 28.8 Å². The van der Waals surface area contributed by atoms with E-state index in [9.17, 15) is 4.39 Å². The van der Waals surface area contributed by atoms with Gasteiger partial charge in [-0.1, -0.05) is 37.3 Å². The first-order valence-corrected chi connectivity index (χ1v) is 7.46. The molecule has 0 amide bonds. The van der Waals surface area contributed by atoms with Crippen molar-refractivity contribution in [2.75, 3.05) is 0 Å². The zero-order valence-corrected chi connectivity index (χ0v) is 12.8. The molecule has 0 radical (unpaired) electrons. The van der Waals surface area contributed by atoms with Crippen LogP contribution >= 0.6 is 0 Å². The molecule has 0 atom stereocenters.